The summed E-state index contributed by atoms with van der Waals surface area (Å²) in [4.78, 5) is 0. The van der Waals surface area contributed by atoms with E-state index in [1.165, 1.54) is 0 Å². The van der Waals surface area contributed by atoms with Gasteiger partial charge in [0.25, 0.3) is 0 Å². The minimum Gasteiger partial charge on any atom is -0.486 e. The predicted molar refractivity (Wildman–Crippen MR) is 73.7 cm³/mol. The monoisotopic (exact) mass is 269 g/mol. The fraction of sp³-hybridized carbons (Fsp3) is 0.571. The second kappa shape index (κ2) is 6.30. The van der Waals surface area contributed by atoms with E-state index in [1.54, 1.807) is 0 Å². The van der Waals surface area contributed by atoms with Gasteiger partial charge in [-0.1, -0.05) is 25.4 Å². The third-order valence-corrected chi connectivity index (χ3v) is 3.52. The molecule has 0 aliphatic carbocycles. The molecule has 0 saturated carbocycles. The van der Waals surface area contributed by atoms with Gasteiger partial charge in [-0.3, -0.25) is 0 Å². The molecule has 0 saturated heterocycles. The zero-order valence-corrected chi connectivity index (χ0v) is 11.7. The number of halogens is 1. The van der Waals surface area contributed by atoms with Crippen molar-refractivity contribution < 1.29 is 9.47 Å². The lowest BCUT2D eigenvalue weighted by molar-refractivity contribution is 0.171. The summed E-state index contributed by atoms with van der Waals surface area (Å²) < 4.78 is 11.1. The molecule has 1 aromatic rings. The Labute approximate surface area is 113 Å². The summed E-state index contributed by atoms with van der Waals surface area (Å²) in [5, 5.41) is 4.15. The number of hydrogen-bond donors (Lipinski definition) is 1. The van der Waals surface area contributed by atoms with Crippen molar-refractivity contribution in [2.24, 2.45) is 0 Å². The van der Waals surface area contributed by atoms with Gasteiger partial charge in [0.15, 0.2) is 11.5 Å². The molecule has 100 valence electrons. The molecule has 1 N–H and O–H groups in total. The molecular formula is C14H20ClNO2. The van der Waals surface area contributed by atoms with Crippen molar-refractivity contribution in [2.75, 3.05) is 13.2 Å². The molecule has 1 aliphatic heterocycles. The zero-order chi connectivity index (χ0) is 13.0. The Kier molecular flexibility index (Phi) is 4.72. The zero-order valence-electron chi connectivity index (χ0n) is 11.0. The SMILES string of the molecule is CCC(CC)NCc1cc(Cl)c2c(c1)OCCO2. The van der Waals surface area contributed by atoms with Gasteiger partial charge in [-0.2, -0.15) is 0 Å². The molecule has 1 aromatic carbocycles. The van der Waals surface area contributed by atoms with Crippen LogP contribution >= 0.6 is 11.6 Å². The number of nitrogens with one attached hydrogen (secondary N) is 1. The molecule has 2 rings (SSSR count). The van der Waals surface area contributed by atoms with Gasteiger partial charge in [0.2, 0.25) is 0 Å². The van der Waals surface area contributed by atoms with E-state index >= 15 is 0 Å². The molecule has 0 bridgehead atoms. The van der Waals surface area contributed by atoms with Gasteiger partial charge < -0.3 is 14.8 Å². The van der Waals surface area contributed by atoms with Gasteiger partial charge in [0, 0.05) is 12.6 Å². The van der Waals surface area contributed by atoms with Crippen LogP contribution in [0.25, 0.3) is 0 Å². The summed E-state index contributed by atoms with van der Waals surface area (Å²) >= 11 is 6.20. The lowest BCUT2D eigenvalue weighted by Crippen LogP contribution is -2.27. The van der Waals surface area contributed by atoms with Gasteiger partial charge in [0.05, 0.1) is 5.02 Å². The van der Waals surface area contributed by atoms with Crippen molar-refractivity contribution in [3.63, 3.8) is 0 Å². The van der Waals surface area contributed by atoms with Crippen molar-refractivity contribution in [2.45, 2.75) is 39.3 Å². The summed E-state index contributed by atoms with van der Waals surface area (Å²) in [5.41, 5.74) is 1.14. The highest BCUT2D eigenvalue weighted by atomic mass is 35.5. The predicted octanol–water partition coefficient (Wildman–Crippen LogP) is 3.39. The molecule has 0 radical (unpaired) electrons. The van der Waals surface area contributed by atoms with E-state index in [1.807, 2.05) is 12.1 Å². The maximum Gasteiger partial charge on any atom is 0.179 e. The number of hydrogen-bond acceptors (Lipinski definition) is 3. The normalized spacial score (nSPS) is 14.0. The minimum absolute atomic E-state index is 0.553. The van der Waals surface area contributed by atoms with Gasteiger partial charge in [-0.25, -0.2) is 0 Å². The summed E-state index contributed by atoms with van der Waals surface area (Å²) in [6, 6.07) is 4.51. The van der Waals surface area contributed by atoms with E-state index in [0.29, 0.717) is 30.0 Å². The van der Waals surface area contributed by atoms with E-state index < -0.39 is 0 Å². The largest absolute Gasteiger partial charge is 0.486 e. The van der Waals surface area contributed by atoms with E-state index in [2.05, 4.69) is 19.2 Å². The Morgan fingerprint density at radius 1 is 1.22 bits per heavy atom. The molecule has 1 heterocycles. The Bertz CT molecular complexity index is 405. The Hall–Kier alpha value is -0.930. The van der Waals surface area contributed by atoms with Crippen molar-refractivity contribution in [3.8, 4) is 11.5 Å². The average Bonchev–Trinajstić information content (AvgIpc) is 2.40. The average molecular weight is 270 g/mol. The first-order valence-corrected chi connectivity index (χ1v) is 6.93. The summed E-state index contributed by atoms with van der Waals surface area (Å²) in [6.45, 7) is 6.35. The third-order valence-electron chi connectivity index (χ3n) is 3.24. The molecule has 0 fully saturated rings. The van der Waals surface area contributed by atoms with Crippen LogP contribution in [0.3, 0.4) is 0 Å². The highest BCUT2D eigenvalue weighted by Crippen LogP contribution is 2.38. The first-order valence-electron chi connectivity index (χ1n) is 6.56. The Morgan fingerprint density at radius 3 is 2.67 bits per heavy atom. The highest BCUT2D eigenvalue weighted by molar-refractivity contribution is 6.32. The molecule has 0 unspecified atom stereocenters. The number of ether oxygens (including phenoxy) is 2. The van der Waals surface area contributed by atoms with E-state index in [-0.39, 0.29) is 0 Å². The summed E-state index contributed by atoms with van der Waals surface area (Å²) in [7, 11) is 0. The number of fused-ring (bicyclic) bond motifs is 1. The quantitative estimate of drug-likeness (QED) is 0.889. The van der Waals surface area contributed by atoms with Crippen molar-refractivity contribution in [1.82, 2.24) is 5.32 Å². The lowest BCUT2D eigenvalue weighted by atomic mass is 10.1. The maximum absolute atomic E-state index is 6.20. The van der Waals surface area contributed by atoms with Crippen LogP contribution in [-0.2, 0) is 6.54 Å². The van der Waals surface area contributed by atoms with Crippen molar-refractivity contribution in [1.29, 1.82) is 0 Å². The molecule has 0 atom stereocenters. The Morgan fingerprint density at radius 2 is 1.94 bits per heavy atom. The number of benzene rings is 1. The molecular weight excluding hydrogens is 250 g/mol. The second-order valence-corrected chi connectivity index (χ2v) is 4.90. The van der Waals surface area contributed by atoms with E-state index in [9.17, 15) is 0 Å². The van der Waals surface area contributed by atoms with Gasteiger partial charge in [0.1, 0.15) is 13.2 Å². The molecule has 0 amide bonds. The lowest BCUT2D eigenvalue weighted by Gasteiger charge is -2.21. The maximum atomic E-state index is 6.20. The second-order valence-electron chi connectivity index (χ2n) is 4.50. The van der Waals surface area contributed by atoms with Crippen LogP contribution in [0.5, 0.6) is 11.5 Å². The molecule has 4 heteroatoms. The van der Waals surface area contributed by atoms with Crippen LogP contribution in [-0.4, -0.2) is 19.3 Å². The first-order chi connectivity index (χ1) is 8.74. The molecule has 0 spiro atoms. The minimum atomic E-state index is 0.553. The topological polar surface area (TPSA) is 30.5 Å². The third kappa shape index (κ3) is 3.09. The van der Waals surface area contributed by atoms with Crippen LogP contribution in [0, 0.1) is 0 Å². The van der Waals surface area contributed by atoms with Crippen LogP contribution in [0.2, 0.25) is 5.02 Å². The molecule has 18 heavy (non-hydrogen) atoms. The number of rotatable bonds is 5. The molecule has 3 nitrogen and oxygen atoms in total. The van der Waals surface area contributed by atoms with E-state index in [4.69, 9.17) is 21.1 Å². The smallest absolute Gasteiger partial charge is 0.179 e. The van der Waals surface area contributed by atoms with Gasteiger partial charge >= 0.3 is 0 Å². The van der Waals surface area contributed by atoms with Crippen LogP contribution < -0.4 is 14.8 Å². The fourth-order valence-corrected chi connectivity index (χ4v) is 2.39. The first kappa shape index (κ1) is 13.5. The Balaban J connectivity index is 2.07. The van der Waals surface area contributed by atoms with Crippen LogP contribution in [0.4, 0.5) is 0 Å². The standard InChI is InChI=1S/C14H20ClNO2/c1-3-11(4-2)16-9-10-7-12(15)14-13(8-10)17-5-6-18-14/h7-8,11,16H,3-6,9H2,1-2H3. The van der Waals surface area contributed by atoms with Gasteiger partial charge in [-0.05, 0) is 30.5 Å². The summed E-state index contributed by atoms with van der Waals surface area (Å²) in [5.74, 6) is 1.43. The summed E-state index contributed by atoms with van der Waals surface area (Å²) in [6.07, 6.45) is 2.27. The van der Waals surface area contributed by atoms with E-state index in [0.717, 1.165) is 30.7 Å². The van der Waals surface area contributed by atoms with Crippen LogP contribution in [0.1, 0.15) is 32.3 Å². The van der Waals surface area contributed by atoms with Gasteiger partial charge in [-0.15, -0.1) is 0 Å². The van der Waals surface area contributed by atoms with Crippen LogP contribution in [0.15, 0.2) is 12.1 Å². The molecule has 1 aliphatic rings. The van der Waals surface area contributed by atoms with Crippen molar-refractivity contribution >= 4 is 11.6 Å². The molecule has 0 aromatic heterocycles. The van der Waals surface area contributed by atoms with Crippen molar-refractivity contribution in [3.05, 3.63) is 22.7 Å². The highest BCUT2D eigenvalue weighted by Gasteiger charge is 2.16. The fourth-order valence-electron chi connectivity index (χ4n) is 2.11.